The monoisotopic (exact) mass is 276 g/mol. The van der Waals surface area contributed by atoms with Gasteiger partial charge in [-0.25, -0.2) is 0 Å². The second-order valence-electron chi connectivity index (χ2n) is 5.35. The standard InChI is InChI=1S/C19H20N2/c1-3-19-20-14-18(21(19)2)17-11-7-10-16(13-17)12-15-8-5-4-6-9-15/h3-11,13-14,19-20H,1,12H2,2H3. The minimum atomic E-state index is 0.178. The third kappa shape index (κ3) is 2.84. The third-order valence-corrected chi connectivity index (χ3v) is 3.89. The highest BCUT2D eigenvalue weighted by Gasteiger charge is 2.20. The topological polar surface area (TPSA) is 15.3 Å². The first-order valence-corrected chi connectivity index (χ1v) is 7.23. The Kier molecular flexibility index (Phi) is 3.78. The van der Waals surface area contributed by atoms with Crippen molar-refractivity contribution >= 4 is 5.70 Å². The van der Waals surface area contributed by atoms with Crippen molar-refractivity contribution in [2.24, 2.45) is 0 Å². The van der Waals surface area contributed by atoms with Gasteiger partial charge in [-0.15, -0.1) is 0 Å². The molecule has 1 heterocycles. The summed E-state index contributed by atoms with van der Waals surface area (Å²) in [4.78, 5) is 2.20. The Morgan fingerprint density at radius 2 is 1.86 bits per heavy atom. The van der Waals surface area contributed by atoms with Crippen molar-refractivity contribution in [2.75, 3.05) is 7.05 Å². The molecule has 0 spiro atoms. The van der Waals surface area contributed by atoms with Crippen molar-refractivity contribution in [2.45, 2.75) is 12.6 Å². The fourth-order valence-electron chi connectivity index (χ4n) is 2.71. The summed E-state index contributed by atoms with van der Waals surface area (Å²) in [6, 6.07) is 19.3. The number of hydrogen-bond acceptors (Lipinski definition) is 2. The highest BCUT2D eigenvalue weighted by Crippen LogP contribution is 2.24. The quantitative estimate of drug-likeness (QED) is 0.858. The third-order valence-electron chi connectivity index (χ3n) is 3.89. The Hall–Kier alpha value is -2.48. The minimum absolute atomic E-state index is 0.178. The normalized spacial score (nSPS) is 17.3. The lowest BCUT2D eigenvalue weighted by Crippen LogP contribution is -2.31. The lowest BCUT2D eigenvalue weighted by Gasteiger charge is -2.22. The molecule has 0 bridgehead atoms. The van der Waals surface area contributed by atoms with E-state index in [1.54, 1.807) is 0 Å². The maximum atomic E-state index is 3.86. The molecule has 2 aromatic carbocycles. The summed E-state index contributed by atoms with van der Waals surface area (Å²) in [6.07, 6.45) is 5.12. The van der Waals surface area contributed by atoms with Gasteiger partial charge in [0.05, 0.1) is 5.70 Å². The van der Waals surface area contributed by atoms with E-state index in [0.717, 1.165) is 6.42 Å². The zero-order chi connectivity index (χ0) is 14.7. The first-order valence-electron chi connectivity index (χ1n) is 7.23. The molecule has 0 radical (unpaired) electrons. The van der Waals surface area contributed by atoms with Crippen LogP contribution in [0, 0.1) is 0 Å². The van der Waals surface area contributed by atoms with Crippen LogP contribution in [0.25, 0.3) is 5.70 Å². The van der Waals surface area contributed by atoms with Crippen molar-refractivity contribution in [1.82, 2.24) is 10.2 Å². The summed E-state index contributed by atoms with van der Waals surface area (Å²) in [5.74, 6) is 0. The lowest BCUT2D eigenvalue weighted by molar-refractivity contribution is 0.407. The molecule has 1 N–H and O–H groups in total. The van der Waals surface area contributed by atoms with Gasteiger partial charge in [0.25, 0.3) is 0 Å². The number of rotatable bonds is 4. The molecule has 2 heteroatoms. The number of hydrogen-bond donors (Lipinski definition) is 1. The van der Waals surface area contributed by atoms with Gasteiger partial charge in [0.2, 0.25) is 0 Å². The van der Waals surface area contributed by atoms with Crippen LogP contribution in [0.5, 0.6) is 0 Å². The molecule has 1 aliphatic rings. The van der Waals surface area contributed by atoms with Crippen LogP contribution < -0.4 is 5.32 Å². The van der Waals surface area contributed by atoms with Crippen molar-refractivity contribution in [3.8, 4) is 0 Å². The van der Waals surface area contributed by atoms with Gasteiger partial charge in [0.15, 0.2) is 0 Å². The minimum Gasteiger partial charge on any atom is -0.366 e. The second kappa shape index (κ2) is 5.88. The highest BCUT2D eigenvalue weighted by molar-refractivity contribution is 5.66. The largest absolute Gasteiger partial charge is 0.366 e. The number of nitrogens with zero attached hydrogens (tertiary/aromatic N) is 1. The molecule has 1 atom stereocenters. The summed E-state index contributed by atoms with van der Waals surface area (Å²) in [5.41, 5.74) is 5.11. The van der Waals surface area contributed by atoms with Crippen LogP contribution in [0.15, 0.2) is 73.5 Å². The number of nitrogens with one attached hydrogen (secondary N) is 1. The van der Waals surface area contributed by atoms with Gasteiger partial charge in [-0.1, -0.05) is 55.1 Å². The molecule has 106 valence electrons. The van der Waals surface area contributed by atoms with E-state index in [-0.39, 0.29) is 6.17 Å². The van der Waals surface area contributed by atoms with Crippen LogP contribution in [0.2, 0.25) is 0 Å². The Morgan fingerprint density at radius 3 is 2.57 bits per heavy atom. The summed E-state index contributed by atoms with van der Waals surface area (Å²) in [6.45, 7) is 3.86. The van der Waals surface area contributed by atoms with Crippen LogP contribution in [0.3, 0.4) is 0 Å². The highest BCUT2D eigenvalue weighted by atomic mass is 15.3. The van der Waals surface area contributed by atoms with Gasteiger partial charge in [-0.3, -0.25) is 0 Å². The molecule has 21 heavy (non-hydrogen) atoms. The van der Waals surface area contributed by atoms with Crippen molar-refractivity contribution in [3.63, 3.8) is 0 Å². The molecule has 0 saturated heterocycles. The molecule has 0 amide bonds. The number of benzene rings is 2. The van der Waals surface area contributed by atoms with Gasteiger partial charge in [-0.2, -0.15) is 0 Å². The van der Waals surface area contributed by atoms with Gasteiger partial charge in [0, 0.05) is 13.2 Å². The fourth-order valence-corrected chi connectivity index (χ4v) is 2.71. The maximum absolute atomic E-state index is 3.86. The molecular formula is C19H20N2. The van der Waals surface area contributed by atoms with E-state index in [0.29, 0.717) is 0 Å². The van der Waals surface area contributed by atoms with E-state index in [2.05, 4.69) is 84.6 Å². The van der Waals surface area contributed by atoms with Crippen LogP contribution in [-0.2, 0) is 6.42 Å². The van der Waals surface area contributed by atoms with Gasteiger partial charge in [-0.05, 0) is 35.3 Å². The van der Waals surface area contributed by atoms with Crippen molar-refractivity contribution < 1.29 is 0 Å². The summed E-state index contributed by atoms with van der Waals surface area (Å²) in [7, 11) is 2.09. The summed E-state index contributed by atoms with van der Waals surface area (Å²) >= 11 is 0. The Labute approximate surface area is 126 Å². The first kappa shape index (κ1) is 13.5. The molecule has 2 nitrogen and oxygen atoms in total. The average molecular weight is 276 g/mol. The molecular weight excluding hydrogens is 256 g/mol. The van der Waals surface area contributed by atoms with Gasteiger partial charge in [0.1, 0.15) is 6.17 Å². The predicted molar refractivity (Wildman–Crippen MR) is 88.6 cm³/mol. The molecule has 0 aromatic heterocycles. The zero-order valence-corrected chi connectivity index (χ0v) is 12.3. The molecule has 0 fully saturated rings. The molecule has 0 aliphatic carbocycles. The van der Waals surface area contributed by atoms with Crippen LogP contribution in [0.4, 0.5) is 0 Å². The Morgan fingerprint density at radius 1 is 1.10 bits per heavy atom. The first-order chi connectivity index (χ1) is 10.3. The van der Waals surface area contributed by atoms with E-state index < -0.39 is 0 Å². The fraction of sp³-hybridized carbons (Fsp3) is 0.158. The van der Waals surface area contributed by atoms with Crippen LogP contribution in [-0.4, -0.2) is 18.1 Å². The van der Waals surface area contributed by atoms with E-state index in [9.17, 15) is 0 Å². The second-order valence-corrected chi connectivity index (χ2v) is 5.35. The SMILES string of the molecule is C=CC1NC=C(c2cccc(Cc3ccccc3)c2)N1C. The molecule has 0 saturated carbocycles. The number of likely N-dealkylation sites (N-methyl/N-ethyl adjacent to an activating group) is 1. The van der Waals surface area contributed by atoms with Crippen molar-refractivity contribution in [3.05, 3.63) is 90.1 Å². The summed E-state index contributed by atoms with van der Waals surface area (Å²) in [5, 5.41) is 3.32. The average Bonchev–Trinajstić information content (AvgIpc) is 2.89. The molecule has 1 aliphatic heterocycles. The molecule has 1 unspecified atom stereocenters. The molecule has 3 rings (SSSR count). The summed E-state index contributed by atoms with van der Waals surface area (Å²) < 4.78 is 0. The van der Waals surface area contributed by atoms with E-state index in [1.807, 2.05) is 6.08 Å². The van der Waals surface area contributed by atoms with E-state index in [4.69, 9.17) is 0 Å². The zero-order valence-electron chi connectivity index (χ0n) is 12.3. The van der Waals surface area contributed by atoms with Crippen molar-refractivity contribution in [1.29, 1.82) is 0 Å². The molecule has 2 aromatic rings. The van der Waals surface area contributed by atoms with E-state index in [1.165, 1.54) is 22.4 Å². The predicted octanol–water partition coefficient (Wildman–Crippen LogP) is 3.62. The maximum Gasteiger partial charge on any atom is 0.117 e. The van der Waals surface area contributed by atoms with E-state index >= 15 is 0 Å². The lowest BCUT2D eigenvalue weighted by atomic mass is 10.0. The smallest absolute Gasteiger partial charge is 0.117 e. The van der Waals surface area contributed by atoms with Crippen LogP contribution >= 0.6 is 0 Å². The Bertz CT molecular complexity index is 658. The van der Waals surface area contributed by atoms with Gasteiger partial charge >= 0.3 is 0 Å². The Balaban J connectivity index is 1.83. The van der Waals surface area contributed by atoms with Crippen LogP contribution in [0.1, 0.15) is 16.7 Å². The van der Waals surface area contributed by atoms with Gasteiger partial charge < -0.3 is 10.2 Å².